The molecule has 1 fully saturated rings. The van der Waals surface area contributed by atoms with Crippen LogP contribution in [0, 0.1) is 19.8 Å². The molecule has 4 rings (SSSR count). The quantitative estimate of drug-likeness (QED) is 0.587. The van der Waals surface area contributed by atoms with Gasteiger partial charge in [-0.25, -0.2) is 13.1 Å². The Balaban J connectivity index is 1.44. The van der Waals surface area contributed by atoms with Crippen LogP contribution in [-0.2, 0) is 14.8 Å². The van der Waals surface area contributed by atoms with Gasteiger partial charge in [0.05, 0.1) is 16.5 Å². The Bertz CT molecular complexity index is 1280. The number of benzene rings is 2. The lowest BCUT2D eigenvalue weighted by molar-refractivity contribution is -0.120. The highest BCUT2D eigenvalue weighted by atomic mass is 32.2. The molecule has 3 aromatic rings. The Morgan fingerprint density at radius 2 is 1.88 bits per heavy atom. The monoisotopic (exact) mass is 469 g/mol. The number of nitrogens with one attached hydrogen (secondary N) is 1. The van der Waals surface area contributed by atoms with E-state index in [-0.39, 0.29) is 22.8 Å². The lowest BCUT2D eigenvalue weighted by Crippen LogP contribution is -2.41. The number of rotatable bonds is 6. The number of amides is 1. The van der Waals surface area contributed by atoms with Crippen LogP contribution in [0.1, 0.15) is 50.3 Å². The summed E-state index contributed by atoms with van der Waals surface area (Å²) >= 11 is 0. The van der Waals surface area contributed by atoms with Gasteiger partial charge in [0.15, 0.2) is 0 Å². The van der Waals surface area contributed by atoms with Gasteiger partial charge in [0, 0.05) is 24.7 Å². The number of hydrogen-bond acceptors (Lipinski definition) is 5. The molecule has 33 heavy (non-hydrogen) atoms. The third-order valence-corrected chi connectivity index (χ3v) is 8.45. The molecule has 1 amide bonds. The fraction of sp³-hybridized carbons (Fsp3) is 0.458. The number of anilines is 1. The molecule has 0 bridgehead atoms. The van der Waals surface area contributed by atoms with Crippen molar-refractivity contribution >= 4 is 32.7 Å². The first kappa shape index (κ1) is 23.4. The van der Waals surface area contributed by atoms with Gasteiger partial charge in [0.25, 0.3) is 0 Å². The summed E-state index contributed by atoms with van der Waals surface area (Å²) in [6.07, 6.45) is 1.88. The molecule has 1 aromatic heterocycles. The molecule has 0 aliphatic carbocycles. The van der Waals surface area contributed by atoms with E-state index in [9.17, 15) is 13.2 Å². The Morgan fingerprint density at radius 3 is 2.55 bits per heavy atom. The summed E-state index contributed by atoms with van der Waals surface area (Å²) in [5, 5.41) is 11.4. The van der Waals surface area contributed by atoms with Gasteiger partial charge in [-0.05, 0) is 69.9 Å². The number of hydrogen-bond donors (Lipinski definition) is 1. The zero-order chi connectivity index (χ0) is 23.8. The largest absolute Gasteiger partial charge is 0.326 e. The Morgan fingerprint density at radius 1 is 1.15 bits per heavy atom. The summed E-state index contributed by atoms with van der Waals surface area (Å²) in [6.45, 7) is 8.73. The second-order valence-corrected chi connectivity index (χ2v) is 10.9. The van der Waals surface area contributed by atoms with Crippen molar-refractivity contribution < 1.29 is 13.2 Å². The highest BCUT2D eigenvalue weighted by molar-refractivity contribution is 7.89. The maximum Gasteiger partial charge on any atom is 0.243 e. The minimum atomic E-state index is -3.66. The van der Waals surface area contributed by atoms with Gasteiger partial charge in [-0.1, -0.05) is 29.8 Å². The first-order valence-corrected chi connectivity index (χ1v) is 12.9. The molecular weight excluding hydrogens is 438 g/mol. The minimum absolute atomic E-state index is 0.0536. The topological polar surface area (TPSA) is 97.2 Å². The number of piperidine rings is 1. The molecule has 0 unspecified atom stereocenters. The highest BCUT2D eigenvalue weighted by Gasteiger charge is 2.32. The predicted octanol–water partition coefficient (Wildman–Crippen LogP) is 4.06. The summed E-state index contributed by atoms with van der Waals surface area (Å²) in [5.41, 5.74) is 4.36. The molecule has 2 aromatic carbocycles. The Hall–Kier alpha value is -2.78. The van der Waals surface area contributed by atoms with E-state index in [2.05, 4.69) is 29.5 Å². The summed E-state index contributed by atoms with van der Waals surface area (Å²) in [6, 6.07) is 11.1. The van der Waals surface area contributed by atoms with Crippen molar-refractivity contribution in [2.45, 2.75) is 57.9 Å². The fourth-order valence-electron chi connectivity index (χ4n) is 4.28. The van der Waals surface area contributed by atoms with Gasteiger partial charge in [0.2, 0.25) is 15.9 Å². The lowest BCUT2D eigenvalue weighted by atomic mass is 9.97. The summed E-state index contributed by atoms with van der Waals surface area (Å²) in [7, 11) is -3.66. The van der Waals surface area contributed by atoms with Crippen LogP contribution in [0.4, 0.5) is 5.69 Å². The number of carbonyl (C=O) groups excluding carboxylic acids is 1. The van der Waals surface area contributed by atoms with Crippen LogP contribution in [0.5, 0.6) is 0 Å². The maximum absolute atomic E-state index is 13.2. The smallest absolute Gasteiger partial charge is 0.243 e. The molecule has 0 spiro atoms. The van der Waals surface area contributed by atoms with Crippen LogP contribution in [-0.4, -0.2) is 46.7 Å². The Labute approximate surface area is 195 Å². The van der Waals surface area contributed by atoms with E-state index in [1.54, 1.807) is 18.2 Å². The van der Waals surface area contributed by atoms with Crippen molar-refractivity contribution in [1.82, 2.24) is 19.3 Å². The number of carbonyl (C=O) groups is 1. The van der Waals surface area contributed by atoms with Crippen LogP contribution in [0.2, 0.25) is 0 Å². The van der Waals surface area contributed by atoms with Crippen molar-refractivity contribution in [1.29, 1.82) is 0 Å². The average Bonchev–Trinajstić information content (AvgIpc) is 3.24. The Kier molecular flexibility index (Phi) is 6.54. The number of aromatic nitrogens is 3. The van der Waals surface area contributed by atoms with Crippen molar-refractivity contribution in [3.05, 3.63) is 47.5 Å². The summed E-state index contributed by atoms with van der Waals surface area (Å²) in [5.74, 6) is -0.267. The molecular formula is C24H31N5O3S. The first-order valence-electron chi connectivity index (χ1n) is 11.4. The van der Waals surface area contributed by atoms with Crippen LogP contribution >= 0.6 is 0 Å². The normalized spacial score (nSPS) is 16.7. The number of fused-ring (bicyclic) bond motifs is 1. The molecule has 1 atom stereocenters. The van der Waals surface area contributed by atoms with Crippen LogP contribution in [0.15, 0.2) is 41.3 Å². The number of sulfonamides is 1. The number of nitrogens with zero attached hydrogens (tertiary/aromatic N) is 4. The van der Waals surface area contributed by atoms with Gasteiger partial charge in [-0.3, -0.25) is 4.79 Å². The van der Waals surface area contributed by atoms with E-state index in [1.807, 2.05) is 36.7 Å². The molecule has 0 radical (unpaired) electrons. The third kappa shape index (κ3) is 4.65. The molecule has 1 aliphatic heterocycles. The van der Waals surface area contributed by atoms with E-state index in [0.717, 1.165) is 28.8 Å². The third-order valence-electron chi connectivity index (χ3n) is 6.55. The van der Waals surface area contributed by atoms with Crippen molar-refractivity contribution in [2.75, 3.05) is 18.4 Å². The molecule has 0 saturated carbocycles. The molecule has 9 heteroatoms. The predicted molar refractivity (Wildman–Crippen MR) is 129 cm³/mol. The molecule has 176 valence electrons. The van der Waals surface area contributed by atoms with Crippen LogP contribution < -0.4 is 5.32 Å². The minimum Gasteiger partial charge on any atom is -0.326 e. The van der Waals surface area contributed by atoms with Crippen molar-refractivity contribution in [2.24, 2.45) is 5.92 Å². The van der Waals surface area contributed by atoms with Crippen molar-refractivity contribution in [3.63, 3.8) is 0 Å². The second kappa shape index (κ2) is 9.23. The van der Waals surface area contributed by atoms with E-state index >= 15 is 0 Å². The second-order valence-electron chi connectivity index (χ2n) is 8.93. The van der Waals surface area contributed by atoms with E-state index in [4.69, 9.17) is 0 Å². The first-order chi connectivity index (χ1) is 15.7. The highest BCUT2D eigenvalue weighted by Crippen LogP contribution is 2.28. The van der Waals surface area contributed by atoms with E-state index < -0.39 is 10.0 Å². The molecule has 1 N–H and O–H groups in total. The van der Waals surface area contributed by atoms with Gasteiger partial charge < -0.3 is 5.32 Å². The zero-order valence-electron chi connectivity index (χ0n) is 19.6. The maximum atomic E-state index is 13.2. The van der Waals surface area contributed by atoms with Gasteiger partial charge in [-0.2, -0.15) is 4.31 Å². The van der Waals surface area contributed by atoms with E-state index in [0.29, 0.717) is 31.4 Å². The van der Waals surface area contributed by atoms with Crippen LogP contribution in [0.25, 0.3) is 11.0 Å². The molecule has 1 aliphatic rings. The molecule has 2 heterocycles. The van der Waals surface area contributed by atoms with Gasteiger partial charge in [0.1, 0.15) is 5.52 Å². The van der Waals surface area contributed by atoms with Crippen molar-refractivity contribution in [3.8, 4) is 0 Å². The summed E-state index contributed by atoms with van der Waals surface area (Å²) in [4.78, 5) is 13.0. The number of aryl methyl sites for hydroxylation is 2. The standard InChI is InChI=1S/C24H31N5O3S/c1-5-18(4)29-23-9-7-20(15-22(23)26-27-29)33(31,32)28-12-10-19(11-13-28)24(30)25-21-8-6-16(2)14-17(21)3/h6-9,14-15,18-19H,5,10-13H2,1-4H3,(H,25,30)/t18-/m1/s1. The fourth-order valence-corrected chi connectivity index (χ4v) is 5.77. The van der Waals surface area contributed by atoms with Gasteiger partial charge >= 0.3 is 0 Å². The van der Waals surface area contributed by atoms with E-state index in [1.165, 1.54) is 4.31 Å². The lowest BCUT2D eigenvalue weighted by Gasteiger charge is -2.30. The SMILES string of the molecule is CC[C@@H](C)n1nnc2cc(S(=O)(=O)N3CCC(C(=O)Nc4ccc(C)cc4C)CC3)ccc21. The zero-order valence-corrected chi connectivity index (χ0v) is 20.4. The molecule has 1 saturated heterocycles. The molecule has 8 nitrogen and oxygen atoms in total. The van der Waals surface area contributed by atoms with Gasteiger partial charge in [-0.15, -0.1) is 5.10 Å². The summed E-state index contributed by atoms with van der Waals surface area (Å²) < 4.78 is 29.8. The van der Waals surface area contributed by atoms with Crippen LogP contribution in [0.3, 0.4) is 0 Å². The average molecular weight is 470 g/mol.